The average Bonchev–Trinajstić information content (AvgIpc) is 3.89. The van der Waals surface area contributed by atoms with Crippen LogP contribution in [0.15, 0.2) is 11.6 Å². The number of carbonyl (C=O) groups is 3. The summed E-state index contributed by atoms with van der Waals surface area (Å²) in [4.78, 5) is 37.0. The number of rotatable bonds is 18. The molecule has 1 aliphatic carbocycles. The van der Waals surface area contributed by atoms with Crippen molar-refractivity contribution in [3.8, 4) is 0 Å². The molecule has 0 radical (unpaired) electrons. The largest absolute Gasteiger partial charge is 0.447 e. The third kappa shape index (κ3) is 10.3. The van der Waals surface area contributed by atoms with Gasteiger partial charge in [-0.3, -0.25) is 4.79 Å². The highest BCUT2D eigenvalue weighted by atomic mass is 16.6. The topological polar surface area (TPSA) is 152 Å². The SMILES string of the molecule is CNCC(=O)NCCCCCCNC(=O)OCC(NC(=O)OC1(C)CCC2(CO2)C(C2(C)OC2CC=C(C)C)C1OC)C(C)C. The molecule has 0 aromatic rings. The van der Waals surface area contributed by atoms with Crippen LogP contribution in [0.5, 0.6) is 0 Å². The Bertz CT molecular complexity index is 1030. The van der Waals surface area contributed by atoms with Gasteiger partial charge in [0.05, 0.1) is 31.2 Å². The number of methoxy groups -OCH3 is 1. The van der Waals surface area contributed by atoms with Crippen LogP contribution in [0.2, 0.25) is 0 Å². The molecule has 12 nitrogen and oxygen atoms in total. The maximum absolute atomic E-state index is 13.3. The van der Waals surface area contributed by atoms with E-state index in [4.69, 9.17) is 23.7 Å². The van der Waals surface area contributed by atoms with Crippen LogP contribution in [0.3, 0.4) is 0 Å². The monoisotopic (exact) mass is 638 g/mol. The number of amides is 3. The van der Waals surface area contributed by atoms with E-state index in [2.05, 4.69) is 48.1 Å². The number of ether oxygens (including phenoxy) is 5. The van der Waals surface area contributed by atoms with Gasteiger partial charge in [0.15, 0.2) is 0 Å². The summed E-state index contributed by atoms with van der Waals surface area (Å²) in [5.74, 6) is -0.0972. The summed E-state index contributed by atoms with van der Waals surface area (Å²) in [6.07, 6.45) is 6.50. The van der Waals surface area contributed by atoms with Gasteiger partial charge in [-0.25, -0.2) is 9.59 Å². The molecular formula is C33H58N4O8. The average molecular weight is 639 g/mol. The smallest absolute Gasteiger partial charge is 0.408 e. The van der Waals surface area contributed by atoms with Crippen LogP contribution < -0.4 is 21.3 Å². The fraction of sp³-hybridized carbons (Fsp3) is 0.848. The standard InChI is InChI=1S/C33H58N4O8/c1-22(2)13-14-25-32(6,44-25)27-28(41-8)31(5,15-16-33(27)21-43-33)45-30(40)37-24(23(3)4)20-42-29(39)36-18-12-10-9-11-17-35-26(38)19-34-7/h13,23-25,27-28,34H,9-12,14-21H2,1-8H3,(H,35,38)(H,36,39)(H,37,40). The van der Waals surface area contributed by atoms with Gasteiger partial charge in [0.25, 0.3) is 0 Å². The zero-order valence-electron chi connectivity index (χ0n) is 28.7. The van der Waals surface area contributed by atoms with Gasteiger partial charge in [0.2, 0.25) is 5.91 Å². The van der Waals surface area contributed by atoms with Crippen molar-refractivity contribution in [2.75, 3.05) is 47.0 Å². The summed E-state index contributed by atoms with van der Waals surface area (Å²) in [7, 11) is 3.39. The minimum atomic E-state index is -0.894. The first kappa shape index (κ1) is 37.1. The number of allylic oxidation sites excluding steroid dienone is 1. The molecular weight excluding hydrogens is 580 g/mol. The first-order chi connectivity index (χ1) is 21.3. The summed E-state index contributed by atoms with van der Waals surface area (Å²) in [6, 6.07) is -0.429. The molecule has 1 spiro atoms. The van der Waals surface area contributed by atoms with Gasteiger partial charge >= 0.3 is 12.2 Å². The summed E-state index contributed by atoms with van der Waals surface area (Å²) < 4.78 is 30.0. The molecule has 0 bridgehead atoms. The Morgan fingerprint density at radius 1 is 1.00 bits per heavy atom. The van der Waals surface area contributed by atoms with Crippen LogP contribution in [0.1, 0.15) is 86.5 Å². The van der Waals surface area contributed by atoms with Gasteiger partial charge in [0, 0.05) is 20.2 Å². The Morgan fingerprint density at radius 2 is 1.67 bits per heavy atom. The van der Waals surface area contributed by atoms with E-state index in [1.807, 2.05) is 20.8 Å². The molecule has 2 heterocycles. The second kappa shape index (κ2) is 16.4. The van der Waals surface area contributed by atoms with Crippen LogP contribution in [0.25, 0.3) is 0 Å². The molecule has 2 aliphatic heterocycles. The lowest BCUT2D eigenvalue weighted by molar-refractivity contribution is -0.167. The zero-order chi connectivity index (χ0) is 33.3. The maximum Gasteiger partial charge on any atom is 0.408 e. The minimum Gasteiger partial charge on any atom is -0.447 e. The van der Waals surface area contributed by atoms with Crippen molar-refractivity contribution >= 4 is 18.1 Å². The van der Waals surface area contributed by atoms with Gasteiger partial charge in [-0.1, -0.05) is 38.3 Å². The molecule has 7 unspecified atom stereocenters. The number of unbranched alkanes of at least 4 members (excludes halogenated alkanes) is 3. The molecule has 7 atom stereocenters. The second-order valence-corrected chi connectivity index (χ2v) is 13.8. The van der Waals surface area contributed by atoms with E-state index in [1.165, 1.54) is 5.57 Å². The Morgan fingerprint density at radius 3 is 2.24 bits per heavy atom. The predicted octanol–water partition coefficient (Wildman–Crippen LogP) is 3.83. The maximum atomic E-state index is 13.3. The van der Waals surface area contributed by atoms with Crippen LogP contribution >= 0.6 is 0 Å². The molecule has 3 amide bonds. The van der Waals surface area contributed by atoms with Gasteiger partial charge in [-0.05, 0) is 72.8 Å². The van der Waals surface area contributed by atoms with Crippen LogP contribution in [0.4, 0.5) is 9.59 Å². The van der Waals surface area contributed by atoms with Crippen molar-refractivity contribution in [2.24, 2.45) is 11.8 Å². The summed E-state index contributed by atoms with van der Waals surface area (Å²) >= 11 is 0. The van der Waals surface area contributed by atoms with Crippen LogP contribution in [-0.4, -0.2) is 100 Å². The molecule has 1 saturated carbocycles. The van der Waals surface area contributed by atoms with Crippen molar-refractivity contribution < 1.29 is 38.1 Å². The molecule has 3 fully saturated rings. The first-order valence-electron chi connectivity index (χ1n) is 16.6. The van der Waals surface area contributed by atoms with E-state index < -0.39 is 35.5 Å². The van der Waals surface area contributed by atoms with E-state index in [9.17, 15) is 14.4 Å². The fourth-order valence-corrected chi connectivity index (χ4v) is 6.55. The van der Waals surface area contributed by atoms with Gasteiger partial charge < -0.3 is 45.0 Å². The number of epoxide rings is 2. The lowest BCUT2D eigenvalue weighted by atomic mass is 9.64. The lowest BCUT2D eigenvalue weighted by Crippen LogP contribution is -2.62. The molecule has 0 aromatic carbocycles. The highest BCUT2D eigenvalue weighted by Gasteiger charge is 2.74. The molecule has 2 saturated heterocycles. The van der Waals surface area contributed by atoms with E-state index in [0.717, 1.165) is 38.5 Å². The molecule has 0 aromatic heterocycles. The Kier molecular flexibility index (Phi) is 13.5. The van der Waals surface area contributed by atoms with Crippen LogP contribution in [-0.2, 0) is 28.5 Å². The van der Waals surface area contributed by atoms with Crippen molar-refractivity contribution in [1.82, 2.24) is 21.3 Å². The normalized spacial score (nSPS) is 30.7. The number of carbonyl (C=O) groups excluding carboxylic acids is 3. The molecule has 258 valence electrons. The first-order valence-corrected chi connectivity index (χ1v) is 16.6. The predicted molar refractivity (Wildman–Crippen MR) is 171 cm³/mol. The third-order valence-corrected chi connectivity index (χ3v) is 9.48. The number of nitrogens with one attached hydrogen (secondary N) is 4. The molecule has 3 rings (SSSR count). The molecule has 3 aliphatic rings. The molecule has 12 heteroatoms. The summed E-state index contributed by atoms with van der Waals surface area (Å²) in [6.45, 7) is 14.2. The van der Waals surface area contributed by atoms with E-state index >= 15 is 0 Å². The van der Waals surface area contributed by atoms with Crippen molar-refractivity contribution in [1.29, 1.82) is 0 Å². The third-order valence-electron chi connectivity index (χ3n) is 9.48. The Balaban J connectivity index is 1.44. The number of hydrogen-bond acceptors (Lipinski definition) is 9. The highest BCUT2D eigenvalue weighted by molar-refractivity contribution is 5.77. The molecule has 4 N–H and O–H groups in total. The molecule has 45 heavy (non-hydrogen) atoms. The van der Waals surface area contributed by atoms with E-state index in [0.29, 0.717) is 32.7 Å². The lowest BCUT2D eigenvalue weighted by Gasteiger charge is -2.48. The van der Waals surface area contributed by atoms with Crippen molar-refractivity contribution in [3.05, 3.63) is 11.6 Å². The van der Waals surface area contributed by atoms with E-state index in [-0.39, 0.29) is 36.1 Å². The quantitative estimate of drug-likeness (QED) is 0.0997. The number of hydrogen-bond donors (Lipinski definition) is 4. The summed E-state index contributed by atoms with van der Waals surface area (Å²) in [5, 5.41) is 11.4. The zero-order valence-corrected chi connectivity index (χ0v) is 28.7. The summed E-state index contributed by atoms with van der Waals surface area (Å²) in [5.41, 5.74) is -0.399. The number of alkyl carbamates (subject to hydrolysis) is 2. The van der Waals surface area contributed by atoms with Gasteiger partial charge in [0.1, 0.15) is 29.5 Å². The van der Waals surface area contributed by atoms with Gasteiger partial charge in [-0.15, -0.1) is 0 Å². The Labute approximate surface area is 269 Å². The van der Waals surface area contributed by atoms with Crippen molar-refractivity contribution in [3.63, 3.8) is 0 Å². The minimum absolute atomic E-state index is 0.00169. The Hall–Kier alpha value is -2.41. The number of likely N-dealkylation sites (N-methyl/N-ethyl adjacent to an activating group) is 1. The van der Waals surface area contributed by atoms with Gasteiger partial charge in [-0.2, -0.15) is 0 Å². The van der Waals surface area contributed by atoms with E-state index in [1.54, 1.807) is 14.2 Å². The van der Waals surface area contributed by atoms with Crippen LogP contribution in [0, 0.1) is 11.8 Å². The van der Waals surface area contributed by atoms with Crippen molar-refractivity contribution in [2.45, 2.75) is 122 Å². The fourth-order valence-electron chi connectivity index (χ4n) is 6.55. The second-order valence-electron chi connectivity index (χ2n) is 13.8. The highest BCUT2D eigenvalue weighted by Crippen LogP contribution is 2.61.